The summed E-state index contributed by atoms with van der Waals surface area (Å²) < 4.78 is 5.48. The smallest absolute Gasteiger partial charge is 0.223 e. The Morgan fingerprint density at radius 3 is 2.71 bits per heavy atom. The number of ether oxygens (including phenoxy) is 1. The van der Waals surface area contributed by atoms with Crippen LogP contribution >= 0.6 is 0 Å². The number of carbonyl (C=O) groups is 1. The molecule has 0 spiro atoms. The van der Waals surface area contributed by atoms with Crippen molar-refractivity contribution in [1.82, 2.24) is 10.6 Å². The fourth-order valence-electron chi connectivity index (χ4n) is 1.99. The third kappa shape index (κ3) is 4.26. The number of amides is 1. The van der Waals surface area contributed by atoms with Gasteiger partial charge in [0.1, 0.15) is 0 Å². The second-order valence-electron chi connectivity index (χ2n) is 4.59. The van der Waals surface area contributed by atoms with E-state index in [0.717, 1.165) is 25.9 Å². The number of carbonyl (C=O) groups excluding carboxylic acids is 1. The van der Waals surface area contributed by atoms with Crippen LogP contribution in [0.1, 0.15) is 33.1 Å². The maximum absolute atomic E-state index is 11.9. The van der Waals surface area contributed by atoms with E-state index in [1.807, 2.05) is 13.8 Å². The van der Waals surface area contributed by atoms with E-state index in [9.17, 15) is 9.90 Å². The molecule has 0 aliphatic carbocycles. The molecule has 1 atom stereocenters. The lowest BCUT2D eigenvalue weighted by molar-refractivity contribution is -0.127. The maximum atomic E-state index is 11.9. The molecule has 0 aromatic heterocycles. The average Bonchev–Trinajstić information content (AvgIpc) is 2.37. The molecule has 1 unspecified atom stereocenters. The zero-order valence-corrected chi connectivity index (χ0v) is 10.8. The number of hydrogen-bond acceptors (Lipinski definition) is 4. The van der Waals surface area contributed by atoms with Crippen LogP contribution in [0.4, 0.5) is 0 Å². The SMILES string of the molecule is CCC(CC)(CO)NC(=O)CC1CNCCO1. The normalized spacial score (nSPS) is 21.2. The quantitative estimate of drug-likeness (QED) is 0.616. The minimum absolute atomic E-state index is 0.0183. The standard InChI is InChI=1S/C12H24N2O3/c1-3-12(4-2,9-15)14-11(16)7-10-8-13-5-6-17-10/h10,13,15H,3-9H2,1-2H3,(H,14,16). The summed E-state index contributed by atoms with van der Waals surface area (Å²) in [7, 11) is 0. The van der Waals surface area contributed by atoms with E-state index in [0.29, 0.717) is 13.0 Å². The second-order valence-corrected chi connectivity index (χ2v) is 4.59. The molecule has 1 fully saturated rings. The molecule has 0 aromatic carbocycles. The molecule has 0 radical (unpaired) electrons. The first-order valence-corrected chi connectivity index (χ1v) is 6.40. The molecule has 1 rings (SSSR count). The van der Waals surface area contributed by atoms with Crippen LogP contribution in [0.3, 0.4) is 0 Å². The maximum Gasteiger partial charge on any atom is 0.223 e. The highest BCUT2D eigenvalue weighted by molar-refractivity contribution is 5.77. The summed E-state index contributed by atoms with van der Waals surface area (Å²) >= 11 is 0. The Bertz CT molecular complexity index is 228. The lowest BCUT2D eigenvalue weighted by Gasteiger charge is -2.32. The molecule has 0 aromatic rings. The summed E-state index contributed by atoms with van der Waals surface area (Å²) in [6.45, 7) is 6.15. The molecule has 100 valence electrons. The molecular formula is C12H24N2O3. The van der Waals surface area contributed by atoms with Crippen molar-refractivity contribution in [2.24, 2.45) is 0 Å². The summed E-state index contributed by atoms with van der Waals surface area (Å²) in [4.78, 5) is 11.9. The van der Waals surface area contributed by atoms with E-state index < -0.39 is 5.54 Å². The van der Waals surface area contributed by atoms with Gasteiger partial charge in [-0.15, -0.1) is 0 Å². The molecule has 1 amide bonds. The topological polar surface area (TPSA) is 70.6 Å². The van der Waals surface area contributed by atoms with E-state index in [2.05, 4.69) is 10.6 Å². The van der Waals surface area contributed by atoms with Gasteiger partial charge in [-0.1, -0.05) is 13.8 Å². The predicted octanol–water partition coefficient (Wildman–Crippen LogP) is 0.0322. The Morgan fingerprint density at radius 1 is 1.53 bits per heavy atom. The predicted molar refractivity (Wildman–Crippen MR) is 65.8 cm³/mol. The van der Waals surface area contributed by atoms with Gasteiger partial charge in [-0.2, -0.15) is 0 Å². The highest BCUT2D eigenvalue weighted by Gasteiger charge is 2.28. The lowest BCUT2D eigenvalue weighted by Crippen LogP contribution is -2.52. The first-order chi connectivity index (χ1) is 8.15. The number of aliphatic hydroxyl groups is 1. The van der Waals surface area contributed by atoms with Crippen molar-refractivity contribution in [2.45, 2.75) is 44.8 Å². The molecule has 17 heavy (non-hydrogen) atoms. The van der Waals surface area contributed by atoms with Gasteiger partial charge in [0.15, 0.2) is 0 Å². The van der Waals surface area contributed by atoms with Gasteiger partial charge < -0.3 is 20.5 Å². The van der Waals surface area contributed by atoms with Gasteiger partial charge in [-0.25, -0.2) is 0 Å². The van der Waals surface area contributed by atoms with Gasteiger partial charge in [0, 0.05) is 13.1 Å². The van der Waals surface area contributed by atoms with Gasteiger partial charge in [-0.05, 0) is 12.8 Å². The van der Waals surface area contributed by atoms with Crippen LogP contribution in [-0.4, -0.2) is 49.0 Å². The summed E-state index contributed by atoms with van der Waals surface area (Å²) in [6.07, 6.45) is 1.77. The highest BCUT2D eigenvalue weighted by Crippen LogP contribution is 2.14. The van der Waals surface area contributed by atoms with Crippen molar-refractivity contribution < 1.29 is 14.6 Å². The van der Waals surface area contributed by atoms with Crippen molar-refractivity contribution in [2.75, 3.05) is 26.3 Å². The summed E-state index contributed by atoms with van der Waals surface area (Å²) in [5.74, 6) is -0.0450. The molecule has 1 saturated heterocycles. The zero-order chi connectivity index (χ0) is 12.7. The molecule has 5 heteroatoms. The molecular weight excluding hydrogens is 220 g/mol. The Morgan fingerprint density at radius 2 is 2.24 bits per heavy atom. The zero-order valence-electron chi connectivity index (χ0n) is 10.8. The van der Waals surface area contributed by atoms with Gasteiger partial charge in [-0.3, -0.25) is 4.79 Å². The minimum atomic E-state index is -0.473. The summed E-state index contributed by atoms with van der Waals surface area (Å²) in [6, 6.07) is 0. The van der Waals surface area contributed by atoms with Crippen molar-refractivity contribution in [3.63, 3.8) is 0 Å². The molecule has 0 bridgehead atoms. The fourth-order valence-corrected chi connectivity index (χ4v) is 1.99. The third-order valence-electron chi connectivity index (χ3n) is 3.48. The van der Waals surface area contributed by atoms with Crippen LogP contribution in [0, 0.1) is 0 Å². The van der Waals surface area contributed by atoms with Crippen LogP contribution in [0.15, 0.2) is 0 Å². The largest absolute Gasteiger partial charge is 0.394 e. The number of rotatable bonds is 6. The number of hydrogen-bond donors (Lipinski definition) is 3. The lowest BCUT2D eigenvalue weighted by atomic mass is 9.93. The van der Waals surface area contributed by atoms with E-state index in [4.69, 9.17) is 4.74 Å². The van der Waals surface area contributed by atoms with Crippen molar-refractivity contribution in [3.05, 3.63) is 0 Å². The first-order valence-electron chi connectivity index (χ1n) is 6.40. The van der Waals surface area contributed by atoms with Crippen LogP contribution in [0.2, 0.25) is 0 Å². The molecule has 3 N–H and O–H groups in total. The minimum Gasteiger partial charge on any atom is -0.394 e. The van der Waals surface area contributed by atoms with Gasteiger partial charge in [0.2, 0.25) is 5.91 Å². The van der Waals surface area contributed by atoms with E-state index in [1.165, 1.54) is 0 Å². The van der Waals surface area contributed by atoms with Crippen LogP contribution in [0.25, 0.3) is 0 Å². The van der Waals surface area contributed by atoms with Gasteiger partial charge in [0.25, 0.3) is 0 Å². The molecule has 5 nitrogen and oxygen atoms in total. The average molecular weight is 244 g/mol. The second kappa shape index (κ2) is 6.93. The van der Waals surface area contributed by atoms with Gasteiger partial charge in [0.05, 0.1) is 31.3 Å². The molecule has 0 saturated carbocycles. The Hall–Kier alpha value is -0.650. The monoisotopic (exact) mass is 244 g/mol. The molecule has 1 heterocycles. The number of morpholine rings is 1. The highest BCUT2D eigenvalue weighted by atomic mass is 16.5. The Labute approximate surface area is 103 Å². The molecule has 1 aliphatic heterocycles. The Balaban J connectivity index is 2.41. The number of aliphatic hydroxyl groups excluding tert-OH is 1. The van der Waals surface area contributed by atoms with Crippen LogP contribution in [0.5, 0.6) is 0 Å². The van der Waals surface area contributed by atoms with Gasteiger partial charge >= 0.3 is 0 Å². The van der Waals surface area contributed by atoms with Crippen molar-refractivity contribution >= 4 is 5.91 Å². The summed E-state index contributed by atoms with van der Waals surface area (Å²) in [5, 5.41) is 15.5. The summed E-state index contributed by atoms with van der Waals surface area (Å²) in [5.41, 5.74) is -0.473. The third-order valence-corrected chi connectivity index (χ3v) is 3.48. The van der Waals surface area contributed by atoms with Crippen LogP contribution < -0.4 is 10.6 Å². The number of nitrogens with one attached hydrogen (secondary N) is 2. The Kier molecular flexibility index (Phi) is 5.88. The van der Waals surface area contributed by atoms with E-state index in [1.54, 1.807) is 0 Å². The van der Waals surface area contributed by atoms with Crippen LogP contribution in [-0.2, 0) is 9.53 Å². The molecule has 1 aliphatic rings. The fraction of sp³-hybridized carbons (Fsp3) is 0.917. The van der Waals surface area contributed by atoms with E-state index in [-0.39, 0.29) is 18.6 Å². The van der Waals surface area contributed by atoms with Crippen molar-refractivity contribution in [3.8, 4) is 0 Å². The first kappa shape index (κ1) is 14.4. The van der Waals surface area contributed by atoms with Crippen molar-refractivity contribution in [1.29, 1.82) is 0 Å². The van der Waals surface area contributed by atoms with E-state index >= 15 is 0 Å².